The number of aromatic hydroxyl groups is 1. The van der Waals surface area contributed by atoms with Gasteiger partial charge in [0.05, 0.1) is 12.8 Å². The first-order valence-corrected chi connectivity index (χ1v) is 8.25. The van der Waals surface area contributed by atoms with Crippen molar-refractivity contribution in [3.63, 3.8) is 0 Å². The highest BCUT2D eigenvalue weighted by atomic mass is 79.9. The van der Waals surface area contributed by atoms with Crippen molar-refractivity contribution in [3.05, 3.63) is 33.3 Å². The van der Waals surface area contributed by atoms with Crippen molar-refractivity contribution >= 4 is 39.2 Å². The Bertz CT molecular complexity index is 1050. The van der Waals surface area contributed by atoms with Gasteiger partial charge in [0, 0.05) is 15.6 Å². The van der Waals surface area contributed by atoms with E-state index >= 15 is 0 Å². The highest BCUT2D eigenvalue weighted by Gasteiger charge is 2.32. The van der Waals surface area contributed by atoms with E-state index in [-0.39, 0.29) is 40.3 Å². The zero-order valence-electron chi connectivity index (χ0n) is 13.9. The number of aliphatic imine (C=N–C) groups is 1. The van der Waals surface area contributed by atoms with Gasteiger partial charge in [-0.3, -0.25) is 5.32 Å². The minimum absolute atomic E-state index is 0.00824. The third kappa shape index (κ3) is 3.01. The lowest BCUT2D eigenvalue weighted by Gasteiger charge is -2.27. The van der Waals surface area contributed by atoms with Crippen molar-refractivity contribution in [2.24, 2.45) is 4.99 Å². The predicted molar refractivity (Wildman–Crippen MR) is 102 cm³/mol. The lowest BCUT2D eigenvalue weighted by molar-refractivity contribution is 0.369. The first kappa shape index (κ1) is 18.1. The molecule has 0 bridgehead atoms. The molecule has 1 aromatic heterocycles. The maximum atomic E-state index is 10.6. The number of phenols is 1. The molecule has 1 aromatic carbocycles. The van der Waals surface area contributed by atoms with Gasteiger partial charge in [-0.15, -0.1) is 0 Å². The summed E-state index contributed by atoms with van der Waals surface area (Å²) in [5.41, 5.74) is 12.7. The second kappa shape index (κ2) is 6.90. The van der Waals surface area contributed by atoms with Crippen LogP contribution in [0.15, 0.2) is 21.6 Å². The van der Waals surface area contributed by atoms with E-state index in [1.165, 1.54) is 7.11 Å². The number of nitriles is 2. The van der Waals surface area contributed by atoms with Crippen LogP contribution in [0.25, 0.3) is 0 Å². The number of nitrogens with two attached hydrogens (primary N) is 2. The SMILES string of the molecule is COc1cc(Br)cc(C2N=C(NC#N)Nc3nc(N)c(C#N)c(N)c32)c1O. The molecule has 2 aromatic rings. The van der Waals surface area contributed by atoms with Crippen molar-refractivity contribution in [1.82, 2.24) is 10.3 Å². The van der Waals surface area contributed by atoms with Gasteiger partial charge in [-0.2, -0.15) is 10.5 Å². The van der Waals surface area contributed by atoms with Crippen LogP contribution in [0, 0.1) is 22.8 Å². The molecule has 27 heavy (non-hydrogen) atoms. The molecule has 0 radical (unpaired) electrons. The highest BCUT2D eigenvalue weighted by molar-refractivity contribution is 9.10. The summed E-state index contributed by atoms with van der Waals surface area (Å²) in [6, 6.07) is 4.27. The summed E-state index contributed by atoms with van der Waals surface area (Å²) in [6.07, 6.45) is 1.76. The highest BCUT2D eigenvalue weighted by Crippen LogP contribution is 2.46. The van der Waals surface area contributed by atoms with E-state index in [1.807, 2.05) is 6.07 Å². The number of nitrogens with one attached hydrogen (secondary N) is 2. The molecule has 0 saturated heterocycles. The minimum Gasteiger partial charge on any atom is -0.504 e. The topological polar surface area (TPSA) is 178 Å². The van der Waals surface area contributed by atoms with Gasteiger partial charge in [0.25, 0.3) is 0 Å². The van der Waals surface area contributed by atoms with Crippen molar-refractivity contribution in [3.8, 4) is 23.8 Å². The molecule has 0 fully saturated rings. The second-order valence-electron chi connectivity index (χ2n) is 5.45. The van der Waals surface area contributed by atoms with Crippen LogP contribution in [-0.4, -0.2) is 23.2 Å². The van der Waals surface area contributed by atoms with Gasteiger partial charge >= 0.3 is 0 Å². The Labute approximate surface area is 162 Å². The number of methoxy groups -OCH3 is 1. The van der Waals surface area contributed by atoms with Gasteiger partial charge in [-0.05, 0) is 12.1 Å². The maximum Gasteiger partial charge on any atom is 0.211 e. The molecule has 0 amide bonds. The monoisotopic (exact) mass is 428 g/mol. The number of nitrogens with zero attached hydrogens (tertiary/aromatic N) is 4. The molecule has 11 heteroatoms. The largest absolute Gasteiger partial charge is 0.504 e. The van der Waals surface area contributed by atoms with Gasteiger partial charge < -0.3 is 26.6 Å². The van der Waals surface area contributed by atoms with Crippen LogP contribution in [0.4, 0.5) is 17.3 Å². The molecule has 0 spiro atoms. The number of aromatic nitrogens is 1. The fraction of sp³-hybridized carbons (Fsp3) is 0.125. The number of hydrogen-bond acceptors (Lipinski definition) is 10. The van der Waals surface area contributed by atoms with Crippen molar-refractivity contribution < 1.29 is 9.84 Å². The molecule has 7 N–H and O–H groups in total. The smallest absolute Gasteiger partial charge is 0.211 e. The molecule has 2 heterocycles. The lowest BCUT2D eigenvalue weighted by Crippen LogP contribution is -2.32. The summed E-state index contributed by atoms with van der Waals surface area (Å²) in [5, 5.41) is 34.1. The van der Waals surface area contributed by atoms with Gasteiger partial charge in [0.1, 0.15) is 29.3 Å². The van der Waals surface area contributed by atoms with Crippen LogP contribution in [0.2, 0.25) is 0 Å². The predicted octanol–water partition coefficient (Wildman–Crippen LogP) is 1.54. The first-order chi connectivity index (χ1) is 12.9. The summed E-state index contributed by atoms with van der Waals surface area (Å²) in [4.78, 5) is 8.55. The van der Waals surface area contributed by atoms with E-state index in [0.29, 0.717) is 15.6 Å². The summed E-state index contributed by atoms with van der Waals surface area (Å²) in [5.74, 6) is 0.305. The van der Waals surface area contributed by atoms with Crippen LogP contribution in [-0.2, 0) is 0 Å². The van der Waals surface area contributed by atoms with Crippen LogP contribution >= 0.6 is 15.9 Å². The Balaban J connectivity index is 2.32. The van der Waals surface area contributed by atoms with Gasteiger partial charge in [-0.25, -0.2) is 9.98 Å². The molecule has 3 rings (SSSR count). The average molecular weight is 429 g/mol. The Kier molecular flexibility index (Phi) is 4.62. The Morgan fingerprint density at radius 1 is 1.37 bits per heavy atom. The van der Waals surface area contributed by atoms with Gasteiger partial charge in [0.15, 0.2) is 17.7 Å². The van der Waals surface area contributed by atoms with Crippen LogP contribution in [0.1, 0.15) is 22.7 Å². The van der Waals surface area contributed by atoms with Crippen LogP contribution in [0.5, 0.6) is 11.5 Å². The number of halogens is 1. The maximum absolute atomic E-state index is 10.6. The Hall–Kier alpha value is -3.70. The zero-order chi connectivity index (χ0) is 19.7. The van der Waals surface area contributed by atoms with E-state index < -0.39 is 6.04 Å². The molecule has 1 aliphatic rings. The number of phenolic OH excluding ortho intramolecular Hbond substituents is 1. The first-order valence-electron chi connectivity index (χ1n) is 7.46. The summed E-state index contributed by atoms with van der Waals surface area (Å²) >= 11 is 3.36. The number of rotatable bonds is 2. The standard InChI is InChI=1S/C16H13BrN8O2/c1-27-9-3-6(17)2-7(13(9)26)12-10-11(20)8(4-18)14(21)24-15(10)25-16(23-12)22-5-19/h2-3,12,26H,1H3,(H6,20,21,22,23,24,25). The number of guanidine groups is 1. The van der Waals surface area contributed by atoms with Crippen molar-refractivity contribution in [2.75, 3.05) is 23.9 Å². The van der Waals surface area contributed by atoms with Crippen LogP contribution < -0.4 is 26.8 Å². The van der Waals surface area contributed by atoms with Crippen molar-refractivity contribution in [2.45, 2.75) is 6.04 Å². The zero-order valence-corrected chi connectivity index (χ0v) is 15.5. The van der Waals surface area contributed by atoms with E-state index in [2.05, 4.69) is 36.5 Å². The normalized spacial score (nSPS) is 14.8. The number of nitrogen functional groups attached to an aromatic ring is 2. The molecule has 1 aliphatic heterocycles. The Morgan fingerprint density at radius 3 is 2.74 bits per heavy atom. The number of fused-ring (bicyclic) bond motifs is 1. The molecular weight excluding hydrogens is 416 g/mol. The molecule has 10 nitrogen and oxygen atoms in total. The third-order valence-electron chi connectivity index (χ3n) is 3.94. The quantitative estimate of drug-likeness (QED) is 0.350. The summed E-state index contributed by atoms with van der Waals surface area (Å²) < 4.78 is 5.81. The lowest BCUT2D eigenvalue weighted by atomic mass is 9.94. The third-order valence-corrected chi connectivity index (χ3v) is 4.40. The summed E-state index contributed by atoms with van der Waals surface area (Å²) in [7, 11) is 1.41. The summed E-state index contributed by atoms with van der Waals surface area (Å²) in [6.45, 7) is 0. The molecule has 136 valence electrons. The van der Waals surface area contributed by atoms with E-state index in [1.54, 1.807) is 18.3 Å². The number of ether oxygens (including phenoxy) is 1. The fourth-order valence-corrected chi connectivity index (χ4v) is 3.22. The number of pyridine rings is 1. The van der Waals surface area contributed by atoms with Gasteiger partial charge in [-0.1, -0.05) is 15.9 Å². The molecule has 0 saturated carbocycles. The van der Waals surface area contributed by atoms with Gasteiger partial charge in [0.2, 0.25) is 5.96 Å². The van der Waals surface area contributed by atoms with E-state index in [9.17, 15) is 10.4 Å². The number of anilines is 3. The second-order valence-corrected chi connectivity index (χ2v) is 6.36. The Morgan fingerprint density at radius 2 is 2.11 bits per heavy atom. The van der Waals surface area contributed by atoms with Crippen LogP contribution in [0.3, 0.4) is 0 Å². The molecular formula is C16H13BrN8O2. The number of hydrogen-bond donors (Lipinski definition) is 5. The minimum atomic E-state index is -0.872. The fourth-order valence-electron chi connectivity index (χ4n) is 2.76. The average Bonchev–Trinajstić information content (AvgIpc) is 2.63. The number of benzene rings is 1. The molecule has 1 unspecified atom stereocenters. The van der Waals surface area contributed by atoms with E-state index in [0.717, 1.165) is 0 Å². The molecule has 0 aliphatic carbocycles. The van der Waals surface area contributed by atoms with E-state index in [4.69, 9.17) is 21.5 Å². The van der Waals surface area contributed by atoms with Crippen molar-refractivity contribution in [1.29, 1.82) is 10.5 Å². The molecule has 1 atom stereocenters.